The molecule has 1 aromatic carbocycles. The molecule has 5 heteroatoms. The van der Waals surface area contributed by atoms with Crippen LogP contribution in [0.2, 0.25) is 0 Å². The van der Waals surface area contributed by atoms with Gasteiger partial charge in [0.1, 0.15) is 11.4 Å². The summed E-state index contributed by atoms with van der Waals surface area (Å²) >= 11 is 0. The lowest BCUT2D eigenvalue weighted by molar-refractivity contribution is -0.0495. The van der Waals surface area contributed by atoms with Gasteiger partial charge in [-0.25, -0.2) is 9.18 Å². The van der Waals surface area contributed by atoms with Crippen LogP contribution < -0.4 is 10.6 Å². The first kappa shape index (κ1) is 12.4. The Kier molecular flexibility index (Phi) is 3.14. The third-order valence-electron chi connectivity index (χ3n) is 4.08. The van der Waals surface area contributed by atoms with Crippen LogP contribution in [0.25, 0.3) is 0 Å². The minimum atomic E-state index is -0.499. The Morgan fingerprint density at radius 3 is 2.84 bits per heavy atom. The molecule has 2 saturated heterocycles. The van der Waals surface area contributed by atoms with Crippen molar-refractivity contribution in [2.75, 3.05) is 19.6 Å². The second-order valence-electron chi connectivity index (χ2n) is 5.19. The first-order valence-corrected chi connectivity index (χ1v) is 6.63. The van der Waals surface area contributed by atoms with E-state index >= 15 is 0 Å². The fourth-order valence-electron chi connectivity index (χ4n) is 3.11. The van der Waals surface area contributed by atoms with Gasteiger partial charge in [0.05, 0.1) is 0 Å². The number of benzene rings is 1. The molecule has 1 atom stereocenters. The second kappa shape index (κ2) is 4.81. The summed E-state index contributed by atoms with van der Waals surface area (Å²) in [6, 6.07) is 6.57. The minimum absolute atomic E-state index is 0.00278. The van der Waals surface area contributed by atoms with Crippen LogP contribution in [-0.2, 0) is 4.74 Å². The van der Waals surface area contributed by atoms with E-state index in [1.54, 1.807) is 6.07 Å². The van der Waals surface area contributed by atoms with Crippen LogP contribution in [0.1, 0.15) is 24.3 Å². The maximum Gasteiger partial charge on any atom is 0.407 e. The SMILES string of the molecule is O=C1NCC(c2cccc(F)c2)C2(CCNCC2)O1. The fourth-order valence-corrected chi connectivity index (χ4v) is 3.11. The van der Waals surface area contributed by atoms with Crippen molar-refractivity contribution in [1.29, 1.82) is 0 Å². The number of amides is 1. The predicted molar refractivity (Wildman–Crippen MR) is 68.5 cm³/mol. The third-order valence-corrected chi connectivity index (χ3v) is 4.08. The lowest BCUT2D eigenvalue weighted by Crippen LogP contribution is -2.57. The highest BCUT2D eigenvalue weighted by Gasteiger charge is 2.47. The molecule has 2 aliphatic rings. The Morgan fingerprint density at radius 1 is 1.32 bits per heavy atom. The minimum Gasteiger partial charge on any atom is -0.442 e. The van der Waals surface area contributed by atoms with E-state index in [1.165, 1.54) is 12.1 Å². The van der Waals surface area contributed by atoms with Crippen molar-refractivity contribution in [2.24, 2.45) is 0 Å². The van der Waals surface area contributed by atoms with Crippen LogP contribution in [-0.4, -0.2) is 31.3 Å². The van der Waals surface area contributed by atoms with Crippen molar-refractivity contribution in [2.45, 2.75) is 24.4 Å². The molecule has 0 bridgehead atoms. The molecule has 4 nitrogen and oxygen atoms in total. The molecular weight excluding hydrogens is 247 g/mol. The number of hydrogen-bond donors (Lipinski definition) is 2. The molecular formula is C14H17FN2O2. The van der Waals surface area contributed by atoms with Crippen molar-refractivity contribution in [3.05, 3.63) is 35.6 Å². The topological polar surface area (TPSA) is 50.4 Å². The summed E-state index contributed by atoms with van der Waals surface area (Å²) in [4.78, 5) is 11.6. The van der Waals surface area contributed by atoms with Crippen LogP contribution in [0, 0.1) is 5.82 Å². The Balaban J connectivity index is 1.95. The van der Waals surface area contributed by atoms with Gasteiger partial charge in [-0.2, -0.15) is 0 Å². The van der Waals surface area contributed by atoms with E-state index in [-0.39, 0.29) is 17.8 Å². The molecule has 1 unspecified atom stereocenters. The molecule has 1 amide bonds. The Bertz CT molecular complexity index is 486. The summed E-state index contributed by atoms with van der Waals surface area (Å²) in [5.41, 5.74) is 0.392. The molecule has 1 spiro atoms. The summed E-state index contributed by atoms with van der Waals surface area (Å²) < 4.78 is 19.0. The normalized spacial score (nSPS) is 25.7. The first-order valence-electron chi connectivity index (χ1n) is 6.63. The Hall–Kier alpha value is -1.62. The zero-order valence-electron chi connectivity index (χ0n) is 10.6. The zero-order chi connectivity index (χ0) is 13.3. The first-order chi connectivity index (χ1) is 9.20. The number of piperidine rings is 1. The van der Waals surface area contributed by atoms with Gasteiger partial charge in [0.15, 0.2) is 0 Å². The lowest BCUT2D eigenvalue weighted by Gasteiger charge is -2.46. The number of ether oxygens (including phenoxy) is 1. The lowest BCUT2D eigenvalue weighted by atomic mass is 9.75. The quantitative estimate of drug-likeness (QED) is 0.813. The molecule has 102 valence electrons. The molecule has 0 aliphatic carbocycles. The highest BCUT2D eigenvalue weighted by atomic mass is 19.1. The average molecular weight is 264 g/mol. The fraction of sp³-hybridized carbons (Fsp3) is 0.500. The van der Waals surface area contributed by atoms with E-state index in [0.717, 1.165) is 31.5 Å². The van der Waals surface area contributed by atoms with Crippen molar-refractivity contribution in [3.63, 3.8) is 0 Å². The summed E-state index contributed by atoms with van der Waals surface area (Å²) in [6.07, 6.45) is 1.16. The number of halogens is 1. The molecule has 19 heavy (non-hydrogen) atoms. The van der Waals surface area contributed by atoms with Crippen LogP contribution in [0.3, 0.4) is 0 Å². The van der Waals surface area contributed by atoms with Crippen molar-refractivity contribution < 1.29 is 13.9 Å². The van der Waals surface area contributed by atoms with Gasteiger partial charge in [0, 0.05) is 25.3 Å². The number of nitrogens with one attached hydrogen (secondary N) is 2. The summed E-state index contributed by atoms with van der Waals surface area (Å²) in [5, 5.41) is 5.99. The maximum absolute atomic E-state index is 13.4. The van der Waals surface area contributed by atoms with E-state index in [2.05, 4.69) is 10.6 Å². The van der Waals surface area contributed by atoms with Crippen LogP contribution in [0.5, 0.6) is 0 Å². The number of carbonyl (C=O) groups is 1. The number of alkyl carbamates (subject to hydrolysis) is 1. The second-order valence-corrected chi connectivity index (χ2v) is 5.19. The highest BCUT2D eigenvalue weighted by molar-refractivity contribution is 5.69. The zero-order valence-corrected chi connectivity index (χ0v) is 10.6. The molecule has 0 radical (unpaired) electrons. The molecule has 1 aromatic rings. The molecule has 2 aliphatic heterocycles. The maximum atomic E-state index is 13.4. The van der Waals surface area contributed by atoms with E-state index in [1.807, 2.05) is 6.07 Å². The highest BCUT2D eigenvalue weighted by Crippen LogP contribution is 2.40. The van der Waals surface area contributed by atoms with Gasteiger partial charge in [0.2, 0.25) is 0 Å². The number of hydrogen-bond acceptors (Lipinski definition) is 3. The largest absolute Gasteiger partial charge is 0.442 e. The van der Waals surface area contributed by atoms with E-state index in [0.29, 0.717) is 6.54 Å². The summed E-state index contributed by atoms with van der Waals surface area (Å²) in [5.74, 6) is -0.249. The van der Waals surface area contributed by atoms with E-state index < -0.39 is 5.60 Å². The van der Waals surface area contributed by atoms with Crippen LogP contribution in [0.15, 0.2) is 24.3 Å². The molecule has 0 saturated carbocycles. The van der Waals surface area contributed by atoms with Gasteiger partial charge >= 0.3 is 6.09 Å². The standard InChI is InChI=1S/C14H17FN2O2/c15-11-3-1-2-10(8-11)12-9-17-13(18)19-14(12)4-6-16-7-5-14/h1-3,8,12,16H,4-7,9H2,(H,17,18). The molecule has 2 heterocycles. The molecule has 0 aromatic heterocycles. The number of carbonyl (C=O) groups excluding carboxylic acids is 1. The van der Waals surface area contributed by atoms with E-state index in [9.17, 15) is 9.18 Å². The third kappa shape index (κ3) is 2.30. The van der Waals surface area contributed by atoms with Crippen molar-refractivity contribution in [1.82, 2.24) is 10.6 Å². The Labute approximate surface area is 111 Å². The van der Waals surface area contributed by atoms with Crippen molar-refractivity contribution >= 4 is 6.09 Å². The van der Waals surface area contributed by atoms with E-state index in [4.69, 9.17) is 4.74 Å². The van der Waals surface area contributed by atoms with Gasteiger partial charge in [-0.15, -0.1) is 0 Å². The number of rotatable bonds is 1. The molecule has 2 fully saturated rings. The van der Waals surface area contributed by atoms with Gasteiger partial charge in [-0.1, -0.05) is 12.1 Å². The summed E-state index contributed by atoms with van der Waals surface area (Å²) in [6.45, 7) is 2.14. The summed E-state index contributed by atoms with van der Waals surface area (Å²) in [7, 11) is 0. The molecule has 2 N–H and O–H groups in total. The van der Waals surface area contributed by atoms with Crippen LogP contribution in [0.4, 0.5) is 9.18 Å². The van der Waals surface area contributed by atoms with Gasteiger partial charge in [-0.05, 0) is 30.8 Å². The smallest absolute Gasteiger partial charge is 0.407 e. The molecule has 3 rings (SSSR count). The average Bonchev–Trinajstić information content (AvgIpc) is 2.39. The predicted octanol–water partition coefficient (Wildman–Crippen LogP) is 1.77. The van der Waals surface area contributed by atoms with Gasteiger partial charge < -0.3 is 15.4 Å². The Morgan fingerprint density at radius 2 is 2.11 bits per heavy atom. The van der Waals surface area contributed by atoms with Gasteiger partial charge in [-0.3, -0.25) is 0 Å². The monoisotopic (exact) mass is 264 g/mol. The van der Waals surface area contributed by atoms with Crippen molar-refractivity contribution in [3.8, 4) is 0 Å². The van der Waals surface area contributed by atoms with Crippen LogP contribution >= 0.6 is 0 Å². The van der Waals surface area contributed by atoms with Gasteiger partial charge in [0.25, 0.3) is 0 Å².